The van der Waals surface area contributed by atoms with Crippen LogP contribution < -0.4 is 5.73 Å². The molecule has 1 aromatic carbocycles. The lowest BCUT2D eigenvalue weighted by atomic mass is 10.1. The van der Waals surface area contributed by atoms with E-state index in [0.29, 0.717) is 5.56 Å². The molecule has 0 unspecified atom stereocenters. The van der Waals surface area contributed by atoms with E-state index in [9.17, 15) is 9.59 Å². The summed E-state index contributed by atoms with van der Waals surface area (Å²) >= 11 is 0. The first-order valence-electron chi connectivity index (χ1n) is 6.65. The van der Waals surface area contributed by atoms with Gasteiger partial charge in [-0.3, -0.25) is 0 Å². The van der Waals surface area contributed by atoms with Gasteiger partial charge in [0.15, 0.2) is 0 Å². The van der Waals surface area contributed by atoms with Crippen molar-refractivity contribution < 1.29 is 19.1 Å². The highest BCUT2D eigenvalue weighted by molar-refractivity contribution is 6.02. The monoisotopic (exact) mass is 304 g/mol. The number of carbonyl (C=O) groups is 2. The summed E-state index contributed by atoms with van der Waals surface area (Å²) in [5, 5.41) is 0. The number of ether oxygens (including phenoxy) is 2. The third kappa shape index (κ3) is 6.21. The van der Waals surface area contributed by atoms with E-state index in [1.54, 1.807) is 51.1 Å². The molecule has 0 saturated carbocycles. The number of benzene rings is 1. The van der Waals surface area contributed by atoms with Gasteiger partial charge in [-0.15, -0.1) is 0 Å². The zero-order chi connectivity index (χ0) is 16.8. The molecular formula is C16H20N2O4. The van der Waals surface area contributed by atoms with E-state index in [4.69, 9.17) is 10.5 Å². The summed E-state index contributed by atoms with van der Waals surface area (Å²) in [4.78, 5) is 26.3. The van der Waals surface area contributed by atoms with Crippen molar-refractivity contribution >= 4 is 24.0 Å². The molecular weight excluding hydrogens is 284 g/mol. The Labute approximate surface area is 129 Å². The van der Waals surface area contributed by atoms with Crippen LogP contribution in [-0.2, 0) is 14.3 Å². The topological polar surface area (TPSA) is 91.0 Å². The predicted octanol–water partition coefficient (Wildman–Crippen LogP) is 2.51. The van der Waals surface area contributed by atoms with Crippen LogP contribution in [0.4, 0.5) is 4.79 Å². The number of amidine groups is 1. The van der Waals surface area contributed by atoms with Crippen molar-refractivity contribution in [1.82, 2.24) is 0 Å². The summed E-state index contributed by atoms with van der Waals surface area (Å²) in [5.41, 5.74) is 6.52. The highest BCUT2D eigenvalue weighted by Gasteiger charge is 2.16. The maximum Gasteiger partial charge on any atom is 0.436 e. The number of hydrogen-bond donors (Lipinski definition) is 1. The van der Waals surface area contributed by atoms with E-state index < -0.39 is 17.7 Å². The summed E-state index contributed by atoms with van der Waals surface area (Å²) in [7, 11) is 1.31. The van der Waals surface area contributed by atoms with Gasteiger partial charge in [0, 0.05) is 11.6 Å². The molecule has 0 aromatic heterocycles. The first-order chi connectivity index (χ1) is 10.2. The molecule has 22 heavy (non-hydrogen) atoms. The van der Waals surface area contributed by atoms with E-state index in [-0.39, 0.29) is 5.84 Å². The summed E-state index contributed by atoms with van der Waals surface area (Å²) < 4.78 is 9.56. The lowest BCUT2D eigenvalue weighted by Gasteiger charge is -2.17. The first-order valence-corrected chi connectivity index (χ1v) is 6.65. The van der Waals surface area contributed by atoms with Crippen molar-refractivity contribution in [2.45, 2.75) is 26.4 Å². The van der Waals surface area contributed by atoms with Crippen LogP contribution >= 0.6 is 0 Å². The Morgan fingerprint density at radius 1 is 1.18 bits per heavy atom. The fourth-order valence-electron chi connectivity index (χ4n) is 1.44. The average Bonchev–Trinajstić information content (AvgIpc) is 2.43. The number of esters is 1. The van der Waals surface area contributed by atoms with E-state index in [2.05, 4.69) is 9.73 Å². The number of nitrogens with two attached hydrogens (primary N) is 1. The molecule has 118 valence electrons. The maximum absolute atomic E-state index is 11.6. The van der Waals surface area contributed by atoms with Gasteiger partial charge in [-0.25, -0.2) is 9.59 Å². The molecule has 0 aliphatic carbocycles. The first kappa shape index (κ1) is 17.4. The second-order valence-electron chi connectivity index (χ2n) is 5.46. The van der Waals surface area contributed by atoms with E-state index in [0.717, 1.165) is 5.56 Å². The Bertz CT molecular complexity index is 596. The Balaban J connectivity index is 2.79. The summed E-state index contributed by atoms with van der Waals surface area (Å²) in [6.07, 6.45) is 2.18. The van der Waals surface area contributed by atoms with Crippen molar-refractivity contribution in [3.8, 4) is 0 Å². The van der Waals surface area contributed by atoms with Crippen LogP contribution in [0, 0.1) is 0 Å². The third-order valence-corrected chi connectivity index (χ3v) is 2.42. The lowest BCUT2D eigenvalue weighted by Crippen LogP contribution is -2.24. The maximum atomic E-state index is 11.6. The zero-order valence-electron chi connectivity index (χ0n) is 13.1. The Kier molecular flexibility index (Phi) is 5.86. The van der Waals surface area contributed by atoms with Gasteiger partial charge in [-0.05, 0) is 32.4 Å². The Morgan fingerprint density at radius 3 is 2.27 bits per heavy atom. The summed E-state index contributed by atoms with van der Waals surface area (Å²) in [6, 6.07) is 6.87. The number of hydrogen-bond acceptors (Lipinski definition) is 4. The van der Waals surface area contributed by atoms with Crippen LogP contribution in [0.3, 0.4) is 0 Å². The molecule has 6 nitrogen and oxygen atoms in total. The lowest BCUT2D eigenvalue weighted by molar-refractivity contribution is -0.134. The van der Waals surface area contributed by atoms with Crippen molar-refractivity contribution in [1.29, 1.82) is 0 Å². The van der Waals surface area contributed by atoms with Gasteiger partial charge < -0.3 is 15.2 Å². The van der Waals surface area contributed by atoms with Gasteiger partial charge in [0.2, 0.25) is 0 Å². The fraction of sp³-hybridized carbons (Fsp3) is 0.312. The molecule has 0 radical (unpaired) electrons. The number of rotatable bonds is 3. The minimum atomic E-state index is -0.736. The molecule has 0 aliphatic rings. The average molecular weight is 304 g/mol. The molecule has 6 heteroatoms. The third-order valence-electron chi connectivity index (χ3n) is 2.42. The van der Waals surface area contributed by atoms with Gasteiger partial charge in [0.25, 0.3) is 0 Å². The van der Waals surface area contributed by atoms with Crippen LogP contribution in [0.2, 0.25) is 0 Å². The van der Waals surface area contributed by atoms with E-state index >= 15 is 0 Å². The van der Waals surface area contributed by atoms with Crippen LogP contribution in [0.25, 0.3) is 6.08 Å². The van der Waals surface area contributed by atoms with Crippen LogP contribution in [0.1, 0.15) is 31.9 Å². The smallest absolute Gasteiger partial charge is 0.436 e. The Hall–Kier alpha value is -2.63. The van der Waals surface area contributed by atoms with Crippen molar-refractivity contribution in [3.05, 3.63) is 41.5 Å². The molecule has 0 saturated heterocycles. The minimum Gasteiger partial charge on any atom is -0.466 e. The summed E-state index contributed by atoms with van der Waals surface area (Å²) in [6.45, 7) is 5.25. The van der Waals surface area contributed by atoms with E-state index in [1.807, 2.05) is 0 Å². The van der Waals surface area contributed by atoms with Crippen molar-refractivity contribution in [3.63, 3.8) is 0 Å². The molecule has 0 bridgehead atoms. The largest absolute Gasteiger partial charge is 0.466 e. The predicted molar refractivity (Wildman–Crippen MR) is 84.5 cm³/mol. The number of methoxy groups -OCH3 is 1. The standard InChI is InChI=1S/C16H20N2O4/c1-16(2,3)22-15(20)18-14(17)12-8-5-11(6-9-12)7-10-13(19)21-4/h5-10H,1-4H3,(H2,17,18,20). The SMILES string of the molecule is COC(=O)C=Cc1ccc(C(N)=NC(=O)OC(C)(C)C)cc1. The van der Waals surface area contributed by atoms with Gasteiger partial charge >= 0.3 is 12.1 Å². The van der Waals surface area contributed by atoms with Crippen LogP contribution in [-0.4, -0.2) is 30.6 Å². The quantitative estimate of drug-likeness (QED) is 0.401. The highest BCUT2D eigenvalue weighted by atomic mass is 16.6. The van der Waals surface area contributed by atoms with Crippen molar-refractivity contribution in [2.75, 3.05) is 7.11 Å². The fourth-order valence-corrected chi connectivity index (χ4v) is 1.44. The second-order valence-corrected chi connectivity index (χ2v) is 5.46. The minimum absolute atomic E-state index is 0.0674. The second kappa shape index (κ2) is 7.40. The number of nitrogens with zero attached hydrogens (tertiary/aromatic N) is 1. The molecule has 1 rings (SSSR count). The molecule has 1 amide bonds. The molecule has 0 fully saturated rings. The zero-order valence-corrected chi connectivity index (χ0v) is 13.1. The molecule has 2 N–H and O–H groups in total. The molecule has 0 spiro atoms. The van der Waals surface area contributed by atoms with Crippen molar-refractivity contribution in [2.24, 2.45) is 10.7 Å². The molecule has 1 aromatic rings. The van der Waals surface area contributed by atoms with Gasteiger partial charge in [-0.2, -0.15) is 4.99 Å². The van der Waals surface area contributed by atoms with Gasteiger partial charge in [-0.1, -0.05) is 24.3 Å². The number of aliphatic imine (C=N–C) groups is 1. The number of carbonyl (C=O) groups excluding carboxylic acids is 2. The highest BCUT2D eigenvalue weighted by Crippen LogP contribution is 2.10. The van der Waals surface area contributed by atoms with Crippen LogP contribution in [0.5, 0.6) is 0 Å². The van der Waals surface area contributed by atoms with Gasteiger partial charge in [0.05, 0.1) is 7.11 Å². The van der Waals surface area contributed by atoms with E-state index in [1.165, 1.54) is 13.2 Å². The van der Waals surface area contributed by atoms with Gasteiger partial charge in [0.1, 0.15) is 11.4 Å². The Morgan fingerprint density at radius 2 is 1.77 bits per heavy atom. The number of amides is 1. The van der Waals surface area contributed by atoms with Crippen LogP contribution in [0.15, 0.2) is 35.3 Å². The molecule has 0 heterocycles. The summed E-state index contributed by atoms with van der Waals surface area (Å²) in [5.74, 6) is -0.368. The normalized spacial score (nSPS) is 12.3. The molecule has 0 aliphatic heterocycles. The molecule has 0 atom stereocenters.